The van der Waals surface area contributed by atoms with Crippen LogP contribution in [0.1, 0.15) is 24.8 Å². The molecule has 0 bridgehead atoms. The van der Waals surface area contributed by atoms with Crippen LogP contribution < -0.4 is 5.32 Å². The Kier molecular flexibility index (Phi) is 4.50. The molecule has 19 heavy (non-hydrogen) atoms. The van der Waals surface area contributed by atoms with Crippen molar-refractivity contribution in [1.29, 1.82) is 0 Å². The first-order valence-electron chi connectivity index (χ1n) is 5.94. The fraction of sp³-hybridized carbons (Fsp3) is 0.583. The number of halogens is 4. The lowest BCUT2D eigenvalue weighted by Gasteiger charge is -2.20. The number of pyridine rings is 1. The Labute approximate surface area is 119 Å². The number of anilines is 1. The highest BCUT2D eigenvalue weighted by Crippen LogP contribution is 2.34. The fourth-order valence-corrected chi connectivity index (χ4v) is 3.44. The number of hydrogen-bond donors (Lipinski definition) is 1. The SMILES string of the molecule is CSC1CCCC1Nc1cc(C(F)(F)F)cc(Cl)n1. The Morgan fingerprint density at radius 3 is 2.74 bits per heavy atom. The van der Waals surface area contributed by atoms with Gasteiger partial charge < -0.3 is 5.32 Å². The first-order valence-corrected chi connectivity index (χ1v) is 7.61. The fourth-order valence-electron chi connectivity index (χ4n) is 2.30. The molecule has 0 aromatic carbocycles. The van der Waals surface area contributed by atoms with E-state index in [0.717, 1.165) is 31.4 Å². The Hall–Kier alpha value is -0.620. The van der Waals surface area contributed by atoms with E-state index in [1.165, 1.54) is 0 Å². The highest BCUT2D eigenvalue weighted by Gasteiger charge is 2.32. The van der Waals surface area contributed by atoms with Crippen molar-refractivity contribution in [2.75, 3.05) is 11.6 Å². The number of hydrogen-bond acceptors (Lipinski definition) is 3. The topological polar surface area (TPSA) is 24.9 Å². The molecule has 1 N–H and O–H groups in total. The zero-order valence-corrected chi connectivity index (χ0v) is 11.9. The van der Waals surface area contributed by atoms with Crippen LogP contribution in [-0.2, 0) is 6.18 Å². The summed E-state index contributed by atoms with van der Waals surface area (Å²) in [5.74, 6) is 0.200. The van der Waals surface area contributed by atoms with Crippen LogP contribution in [0, 0.1) is 0 Å². The maximum atomic E-state index is 12.7. The quantitative estimate of drug-likeness (QED) is 0.835. The molecule has 106 valence electrons. The van der Waals surface area contributed by atoms with Crippen molar-refractivity contribution in [3.8, 4) is 0 Å². The molecular weight excluding hydrogens is 297 g/mol. The van der Waals surface area contributed by atoms with Crippen molar-refractivity contribution in [2.45, 2.75) is 36.7 Å². The van der Waals surface area contributed by atoms with Crippen LogP contribution in [0.15, 0.2) is 12.1 Å². The number of rotatable bonds is 3. The first-order chi connectivity index (χ1) is 8.90. The van der Waals surface area contributed by atoms with E-state index in [-0.39, 0.29) is 17.0 Å². The standard InChI is InChI=1S/C12H14ClF3N2S/c1-19-9-4-2-3-8(9)17-11-6-7(12(14,15)16)5-10(13)18-11/h5-6,8-9H,2-4H2,1H3,(H,17,18). The van der Waals surface area contributed by atoms with Crippen molar-refractivity contribution in [2.24, 2.45) is 0 Å². The van der Waals surface area contributed by atoms with Gasteiger partial charge in [0.2, 0.25) is 0 Å². The Bertz CT molecular complexity index is 453. The molecule has 0 aliphatic heterocycles. The normalized spacial score (nSPS) is 23.6. The van der Waals surface area contributed by atoms with E-state index >= 15 is 0 Å². The monoisotopic (exact) mass is 310 g/mol. The van der Waals surface area contributed by atoms with Gasteiger partial charge in [0.25, 0.3) is 0 Å². The molecule has 1 fully saturated rings. The van der Waals surface area contributed by atoms with E-state index in [0.29, 0.717) is 5.25 Å². The maximum absolute atomic E-state index is 12.7. The van der Waals surface area contributed by atoms with Crippen molar-refractivity contribution in [3.05, 3.63) is 22.8 Å². The Balaban J connectivity index is 2.18. The lowest BCUT2D eigenvalue weighted by atomic mass is 10.2. The highest BCUT2D eigenvalue weighted by molar-refractivity contribution is 7.99. The van der Waals surface area contributed by atoms with Crippen LogP contribution in [-0.4, -0.2) is 22.5 Å². The van der Waals surface area contributed by atoms with Crippen LogP contribution in [0.4, 0.5) is 19.0 Å². The van der Waals surface area contributed by atoms with Crippen LogP contribution in [0.25, 0.3) is 0 Å². The van der Waals surface area contributed by atoms with Gasteiger partial charge >= 0.3 is 6.18 Å². The van der Waals surface area contributed by atoms with Gasteiger partial charge in [-0.1, -0.05) is 18.0 Å². The molecule has 0 spiro atoms. The van der Waals surface area contributed by atoms with Gasteiger partial charge in [-0.05, 0) is 31.2 Å². The number of alkyl halides is 3. The number of nitrogens with zero attached hydrogens (tertiary/aromatic N) is 1. The zero-order chi connectivity index (χ0) is 14.0. The summed E-state index contributed by atoms with van der Waals surface area (Å²) in [5, 5.41) is 3.35. The summed E-state index contributed by atoms with van der Waals surface area (Å²) in [6, 6.07) is 2.01. The maximum Gasteiger partial charge on any atom is 0.416 e. The highest BCUT2D eigenvalue weighted by atomic mass is 35.5. The molecule has 1 heterocycles. The second kappa shape index (κ2) is 5.79. The minimum Gasteiger partial charge on any atom is -0.366 e. The zero-order valence-electron chi connectivity index (χ0n) is 10.3. The van der Waals surface area contributed by atoms with E-state index in [1.807, 2.05) is 6.26 Å². The van der Waals surface area contributed by atoms with Crippen LogP contribution in [0.2, 0.25) is 5.15 Å². The van der Waals surface area contributed by atoms with Crippen molar-refractivity contribution in [3.63, 3.8) is 0 Å². The van der Waals surface area contributed by atoms with Gasteiger partial charge in [0, 0.05) is 11.3 Å². The molecule has 0 amide bonds. The minimum absolute atomic E-state index is 0.143. The summed E-state index contributed by atoms with van der Waals surface area (Å²) in [6.45, 7) is 0. The van der Waals surface area contributed by atoms with Gasteiger partial charge in [-0.2, -0.15) is 24.9 Å². The van der Waals surface area contributed by atoms with Crippen LogP contribution >= 0.6 is 23.4 Å². The average Bonchev–Trinajstić information content (AvgIpc) is 2.74. The Morgan fingerprint density at radius 2 is 2.11 bits per heavy atom. The number of thioether (sulfide) groups is 1. The van der Waals surface area contributed by atoms with Gasteiger partial charge in [0.1, 0.15) is 11.0 Å². The summed E-state index contributed by atoms with van der Waals surface area (Å²) >= 11 is 7.38. The second-order valence-electron chi connectivity index (χ2n) is 4.52. The van der Waals surface area contributed by atoms with Gasteiger partial charge in [-0.3, -0.25) is 0 Å². The molecule has 1 saturated carbocycles. The summed E-state index contributed by atoms with van der Waals surface area (Å²) in [6.07, 6.45) is 0.706. The van der Waals surface area contributed by atoms with E-state index in [1.54, 1.807) is 11.8 Å². The van der Waals surface area contributed by atoms with Crippen LogP contribution in [0.3, 0.4) is 0 Å². The molecule has 0 saturated heterocycles. The third-order valence-electron chi connectivity index (χ3n) is 3.21. The molecule has 0 radical (unpaired) electrons. The molecular formula is C12H14ClF3N2S. The molecule has 1 aliphatic carbocycles. The first kappa shape index (κ1) is 14.8. The van der Waals surface area contributed by atoms with Gasteiger partial charge in [-0.15, -0.1) is 0 Å². The van der Waals surface area contributed by atoms with Gasteiger partial charge in [0.15, 0.2) is 0 Å². The van der Waals surface area contributed by atoms with Crippen molar-refractivity contribution >= 4 is 29.2 Å². The predicted octanol–water partition coefficient (Wildman–Crippen LogP) is 4.45. The Morgan fingerprint density at radius 1 is 1.37 bits per heavy atom. The van der Waals surface area contributed by atoms with Crippen molar-refractivity contribution in [1.82, 2.24) is 4.98 Å². The number of aromatic nitrogens is 1. The molecule has 1 aromatic rings. The summed E-state index contributed by atoms with van der Waals surface area (Å²) in [5.41, 5.74) is -0.770. The molecule has 2 rings (SSSR count). The number of nitrogens with one attached hydrogen (secondary N) is 1. The summed E-state index contributed by atoms with van der Waals surface area (Å²) in [7, 11) is 0. The summed E-state index contributed by atoms with van der Waals surface area (Å²) in [4.78, 5) is 3.92. The molecule has 2 nitrogen and oxygen atoms in total. The third-order valence-corrected chi connectivity index (χ3v) is 4.57. The van der Waals surface area contributed by atoms with E-state index < -0.39 is 11.7 Å². The van der Waals surface area contributed by atoms with E-state index in [4.69, 9.17) is 11.6 Å². The third kappa shape index (κ3) is 3.69. The molecule has 2 unspecified atom stereocenters. The van der Waals surface area contributed by atoms with Crippen molar-refractivity contribution < 1.29 is 13.2 Å². The molecule has 1 aliphatic rings. The molecule has 2 atom stereocenters. The molecule has 7 heteroatoms. The second-order valence-corrected chi connectivity index (χ2v) is 5.98. The van der Waals surface area contributed by atoms with E-state index in [2.05, 4.69) is 10.3 Å². The van der Waals surface area contributed by atoms with Gasteiger partial charge in [0.05, 0.1) is 5.56 Å². The minimum atomic E-state index is -4.41. The molecule has 1 aromatic heterocycles. The smallest absolute Gasteiger partial charge is 0.366 e. The largest absolute Gasteiger partial charge is 0.416 e. The van der Waals surface area contributed by atoms with Crippen LogP contribution in [0.5, 0.6) is 0 Å². The summed E-state index contributed by atoms with van der Waals surface area (Å²) < 4.78 is 38.1. The predicted molar refractivity (Wildman–Crippen MR) is 72.8 cm³/mol. The average molecular weight is 311 g/mol. The lowest BCUT2D eigenvalue weighted by Crippen LogP contribution is -2.26. The lowest BCUT2D eigenvalue weighted by molar-refractivity contribution is -0.137. The van der Waals surface area contributed by atoms with E-state index in [9.17, 15) is 13.2 Å². The van der Waals surface area contributed by atoms with Gasteiger partial charge in [-0.25, -0.2) is 4.98 Å².